The molecule has 64 valence electrons. The average molecular weight is 167 g/mol. The Labute approximate surface area is 70.3 Å². The Morgan fingerprint density at radius 2 is 1.80 bits per heavy atom. The first kappa shape index (κ1) is 16.5. The SMILES string of the molecule is CC=CCCN(C)C.Cl.N. The first-order valence-corrected chi connectivity index (χ1v) is 3.03. The Balaban J connectivity index is -0.000000245. The van der Waals surface area contributed by atoms with Gasteiger partial charge in [-0.15, -0.1) is 12.4 Å². The lowest BCUT2D eigenvalue weighted by atomic mass is 10.4. The molecule has 0 aromatic heterocycles. The highest BCUT2D eigenvalue weighted by atomic mass is 35.5. The fraction of sp³-hybridized carbons (Fsp3) is 0.714. The molecule has 0 saturated heterocycles. The van der Waals surface area contributed by atoms with Crippen LogP contribution in [0.4, 0.5) is 0 Å². The van der Waals surface area contributed by atoms with Gasteiger partial charge < -0.3 is 11.1 Å². The first-order chi connectivity index (χ1) is 3.77. The van der Waals surface area contributed by atoms with Gasteiger partial charge >= 0.3 is 0 Å². The highest BCUT2D eigenvalue weighted by Gasteiger charge is 1.82. The molecule has 0 unspecified atom stereocenters. The van der Waals surface area contributed by atoms with Crippen LogP contribution in [-0.2, 0) is 0 Å². The van der Waals surface area contributed by atoms with Crippen molar-refractivity contribution in [3.63, 3.8) is 0 Å². The van der Waals surface area contributed by atoms with E-state index in [1.807, 2.05) is 0 Å². The molecule has 0 spiro atoms. The molecule has 3 heteroatoms. The summed E-state index contributed by atoms with van der Waals surface area (Å²) in [5.74, 6) is 0. The topological polar surface area (TPSA) is 38.2 Å². The summed E-state index contributed by atoms with van der Waals surface area (Å²) in [6, 6.07) is 0. The summed E-state index contributed by atoms with van der Waals surface area (Å²) >= 11 is 0. The van der Waals surface area contributed by atoms with Crippen LogP contribution in [0.25, 0.3) is 0 Å². The molecule has 0 fully saturated rings. The molecule has 0 aromatic carbocycles. The van der Waals surface area contributed by atoms with Crippen LogP contribution in [0.3, 0.4) is 0 Å². The zero-order valence-corrected chi connectivity index (χ0v) is 7.95. The predicted octanol–water partition coefficient (Wildman–Crippen LogP) is 2.10. The third-order valence-corrected chi connectivity index (χ3v) is 0.979. The Hall–Kier alpha value is -0.0500. The number of hydrogen-bond donors (Lipinski definition) is 1. The van der Waals surface area contributed by atoms with Gasteiger partial charge in [0.05, 0.1) is 0 Å². The van der Waals surface area contributed by atoms with Crippen molar-refractivity contribution in [1.82, 2.24) is 11.1 Å². The molecule has 0 amide bonds. The van der Waals surface area contributed by atoms with Gasteiger partial charge in [-0.05, 0) is 27.4 Å². The molecule has 0 aromatic rings. The van der Waals surface area contributed by atoms with E-state index in [9.17, 15) is 0 Å². The summed E-state index contributed by atoms with van der Waals surface area (Å²) in [5.41, 5.74) is 0. The van der Waals surface area contributed by atoms with Crippen LogP contribution >= 0.6 is 12.4 Å². The third kappa shape index (κ3) is 15.7. The predicted molar refractivity (Wildman–Crippen MR) is 50.3 cm³/mol. The van der Waals surface area contributed by atoms with E-state index in [1.54, 1.807) is 0 Å². The maximum Gasteiger partial charge on any atom is 0.000980 e. The van der Waals surface area contributed by atoms with E-state index in [-0.39, 0.29) is 18.6 Å². The minimum absolute atomic E-state index is 0. The van der Waals surface area contributed by atoms with Gasteiger partial charge in [0.2, 0.25) is 0 Å². The number of allylic oxidation sites excluding steroid dienone is 1. The molecular formula is C7H19ClN2. The third-order valence-electron chi connectivity index (χ3n) is 0.979. The Kier molecular flexibility index (Phi) is 19.3. The van der Waals surface area contributed by atoms with Gasteiger partial charge in [0, 0.05) is 6.54 Å². The molecule has 0 atom stereocenters. The van der Waals surface area contributed by atoms with Crippen LogP contribution in [0.2, 0.25) is 0 Å². The van der Waals surface area contributed by atoms with Gasteiger partial charge in [-0.25, -0.2) is 0 Å². The normalized spacial score (nSPS) is 9.20. The van der Waals surface area contributed by atoms with Gasteiger partial charge in [0.25, 0.3) is 0 Å². The summed E-state index contributed by atoms with van der Waals surface area (Å²) in [6.07, 6.45) is 5.44. The van der Waals surface area contributed by atoms with Crippen molar-refractivity contribution in [1.29, 1.82) is 0 Å². The highest BCUT2D eigenvalue weighted by Crippen LogP contribution is 1.83. The Morgan fingerprint density at radius 3 is 2.10 bits per heavy atom. The van der Waals surface area contributed by atoms with Gasteiger partial charge in [0.15, 0.2) is 0 Å². The van der Waals surface area contributed by atoms with Crippen molar-refractivity contribution < 1.29 is 0 Å². The Bertz CT molecular complexity index is 72.0. The highest BCUT2D eigenvalue weighted by molar-refractivity contribution is 5.85. The van der Waals surface area contributed by atoms with Crippen LogP contribution in [0.1, 0.15) is 13.3 Å². The van der Waals surface area contributed by atoms with E-state index in [0.717, 1.165) is 6.54 Å². The second-order valence-electron chi connectivity index (χ2n) is 2.16. The second-order valence-corrected chi connectivity index (χ2v) is 2.16. The molecule has 10 heavy (non-hydrogen) atoms. The molecule has 0 saturated carbocycles. The molecule has 0 radical (unpaired) electrons. The quantitative estimate of drug-likeness (QED) is 0.653. The maximum atomic E-state index is 2.18. The summed E-state index contributed by atoms with van der Waals surface area (Å²) in [5, 5.41) is 0. The summed E-state index contributed by atoms with van der Waals surface area (Å²) in [7, 11) is 4.17. The molecule has 0 rings (SSSR count). The molecule has 0 heterocycles. The number of hydrogen-bond acceptors (Lipinski definition) is 2. The molecule has 2 nitrogen and oxygen atoms in total. The van der Waals surface area contributed by atoms with Gasteiger partial charge in [0.1, 0.15) is 0 Å². The van der Waals surface area contributed by atoms with Crippen LogP contribution in [0.15, 0.2) is 12.2 Å². The number of nitrogens with zero attached hydrogens (tertiary/aromatic N) is 1. The zero-order valence-electron chi connectivity index (χ0n) is 7.13. The van der Waals surface area contributed by atoms with Crippen LogP contribution in [0, 0.1) is 0 Å². The molecule has 3 N–H and O–H groups in total. The second kappa shape index (κ2) is 11.7. The van der Waals surface area contributed by atoms with Gasteiger partial charge in [-0.2, -0.15) is 0 Å². The largest absolute Gasteiger partial charge is 0.344 e. The summed E-state index contributed by atoms with van der Waals surface area (Å²) < 4.78 is 0. The molecule has 0 aliphatic rings. The van der Waals surface area contributed by atoms with Gasteiger partial charge in [-0.1, -0.05) is 12.2 Å². The smallest absolute Gasteiger partial charge is 0.000980 e. The van der Waals surface area contributed by atoms with Gasteiger partial charge in [-0.3, -0.25) is 0 Å². The lowest BCUT2D eigenvalue weighted by molar-refractivity contribution is 0.417. The lowest BCUT2D eigenvalue weighted by Crippen LogP contribution is -2.11. The fourth-order valence-corrected chi connectivity index (χ4v) is 0.499. The minimum atomic E-state index is 0. The van der Waals surface area contributed by atoms with E-state index < -0.39 is 0 Å². The molecular weight excluding hydrogens is 148 g/mol. The number of halogens is 1. The zero-order chi connectivity index (χ0) is 6.41. The fourth-order valence-electron chi connectivity index (χ4n) is 0.499. The van der Waals surface area contributed by atoms with Crippen LogP contribution in [0.5, 0.6) is 0 Å². The van der Waals surface area contributed by atoms with Crippen LogP contribution in [-0.4, -0.2) is 25.5 Å². The van der Waals surface area contributed by atoms with E-state index in [4.69, 9.17) is 0 Å². The van der Waals surface area contributed by atoms with Crippen molar-refractivity contribution in [3.8, 4) is 0 Å². The molecule has 0 aliphatic heterocycles. The summed E-state index contributed by atoms with van der Waals surface area (Å²) in [6.45, 7) is 3.21. The lowest BCUT2D eigenvalue weighted by Gasteiger charge is -2.04. The minimum Gasteiger partial charge on any atom is -0.344 e. The van der Waals surface area contributed by atoms with Crippen molar-refractivity contribution >= 4 is 12.4 Å². The van der Waals surface area contributed by atoms with Crippen LogP contribution < -0.4 is 6.15 Å². The van der Waals surface area contributed by atoms with Crippen molar-refractivity contribution in [3.05, 3.63) is 12.2 Å². The summed E-state index contributed by atoms with van der Waals surface area (Å²) in [4.78, 5) is 2.18. The van der Waals surface area contributed by atoms with Crippen molar-refractivity contribution in [2.45, 2.75) is 13.3 Å². The standard InChI is InChI=1S/C7H15N.ClH.H3N/c1-4-5-6-7-8(2)3;;/h4-5H,6-7H2,1-3H3;1H;1H3. The van der Waals surface area contributed by atoms with Crippen molar-refractivity contribution in [2.24, 2.45) is 0 Å². The Morgan fingerprint density at radius 1 is 1.30 bits per heavy atom. The van der Waals surface area contributed by atoms with E-state index in [2.05, 4.69) is 38.1 Å². The molecule has 0 aliphatic carbocycles. The number of rotatable bonds is 3. The van der Waals surface area contributed by atoms with E-state index in [0.29, 0.717) is 0 Å². The monoisotopic (exact) mass is 166 g/mol. The maximum absolute atomic E-state index is 2.18. The van der Waals surface area contributed by atoms with E-state index in [1.165, 1.54) is 6.42 Å². The average Bonchev–Trinajstić information content (AvgIpc) is 1.66. The molecule has 0 bridgehead atoms. The first-order valence-electron chi connectivity index (χ1n) is 3.03. The van der Waals surface area contributed by atoms with E-state index >= 15 is 0 Å². The van der Waals surface area contributed by atoms with Crippen molar-refractivity contribution in [2.75, 3.05) is 20.6 Å².